The summed E-state index contributed by atoms with van der Waals surface area (Å²) in [7, 11) is 0. The first-order chi connectivity index (χ1) is 7.79. The van der Waals surface area contributed by atoms with Gasteiger partial charge in [-0.05, 0) is 31.3 Å². The molecule has 2 atom stereocenters. The average Bonchev–Trinajstić information content (AvgIpc) is 2.57. The van der Waals surface area contributed by atoms with E-state index in [-0.39, 0.29) is 5.25 Å². The molecule has 0 N–H and O–H groups in total. The maximum Gasteiger partial charge on any atom is 0.172 e. The molecule has 1 aliphatic carbocycles. The molecule has 0 aromatic heterocycles. The quantitative estimate of drug-likeness (QED) is 0.750. The van der Waals surface area contributed by atoms with Gasteiger partial charge in [-0.1, -0.05) is 19.4 Å². The van der Waals surface area contributed by atoms with Crippen molar-refractivity contribution in [2.75, 3.05) is 11.5 Å². The van der Waals surface area contributed by atoms with Gasteiger partial charge in [0.15, 0.2) is 5.78 Å². The summed E-state index contributed by atoms with van der Waals surface area (Å²) in [5, 5.41) is 0.721. The van der Waals surface area contributed by atoms with Crippen LogP contribution in [0.15, 0.2) is 11.6 Å². The molecule has 0 aromatic carbocycles. The van der Waals surface area contributed by atoms with E-state index in [2.05, 4.69) is 13.0 Å². The lowest BCUT2D eigenvalue weighted by Crippen LogP contribution is -2.32. The average molecular weight is 256 g/mol. The first-order valence-corrected chi connectivity index (χ1v) is 8.35. The number of carbonyl (C=O) groups is 1. The predicted molar refractivity (Wildman–Crippen MR) is 74.3 cm³/mol. The zero-order valence-electron chi connectivity index (χ0n) is 9.91. The van der Waals surface area contributed by atoms with Crippen molar-refractivity contribution >= 4 is 29.3 Å². The Bertz CT molecular complexity index is 286. The van der Waals surface area contributed by atoms with Crippen LogP contribution in [0.4, 0.5) is 0 Å². The van der Waals surface area contributed by atoms with E-state index in [1.807, 2.05) is 23.5 Å². The minimum atomic E-state index is 0.225. The molecule has 90 valence electrons. The number of ketones is 1. The Labute approximate surface area is 107 Å². The van der Waals surface area contributed by atoms with E-state index >= 15 is 0 Å². The van der Waals surface area contributed by atoms with Crippen molar-refractivity contribution in [3.63, 3.8) is 0 Å². The molecule has 0 bridgehead atoms. The highest BCUT2D eigenvalue weighted by Crippen LogP contribution is 2.34. The third-order valence-corrected chi connectivity index (χ3v) is 6.39. The van der Waals surface area contributed by atoms with Gasteiger partial charge in [0, 0.05) is 16.8 Å². The second kappa shape index (κ2) is 6.15. The third kappa shape index (κ3) is 3.07. The molecule has 1 aliphatic heterocycles. The Morgan fingerprint density at radius 1 is 1.25 bits per heavy atom. The maximum atomic E-state index is 12.4. The Hall–Kier alpha value is 0.110. The number of carbonyl (C=O) groups excluding carboxylic acids is 1. The maximum absolute atomic E-state index is 12.4. The lowest BCUT2D eigenvalue weighted by Gasteiger charge is -2.27. The molecule has 2 rings (SSSR count). The lowest BCUT2D eigenvalue weighted by atomic mass is 10.0. The highest BCUT2D eigenvalue weighted by Gasteiger charge is 2.30. The van der Waals surface area contributed by atoms with Gasteiger partial charge >= 0.3 is 0 Å². The van der Waals surface area contributed by atoms with Gasteiger partial charge in [-0.25, -0.2) is 0 Å². The molecular weight excluding hydrogens is 236 g/mol. The van der Waals surface area contributed by atoms with Crippen LogP contribution in [0.5, 0.6) is 0 Å². The van der Waals surface area contributed by atoms with Crippen LogP contribution in [0.2, 0.25) is 0 Å². The van der Waals surface area contributed by atoms with E-state index < -0.39 is 0 Å². The molecule has 0 radical (unpaired) electrons. The van der Waals surface area contributed by atoms with Crippen molar-refractivity contribution in [3.8, 4) is 0 Å². The van der Waals surface area contributed by atoms with Gasteiger partial charge in [0.2, 0.25) is 0 Å². The van der Waals surface area contributed by atoms with Gasteiger partial charge in [-0.3, -0.25) is 4.79 Å². The number of hydrogen-bond acceptors (Lipinski definition) is 3. The van der Waals surface area contributed by atoms with E-state index in [0.29, 0.717) is 11.0 Å². The molecule has 1 fully saturated rings. The number of Topliss-reactive ketones (excluding diaryl/α,β-unsaturated/α-hetero) is 1. The second-order valence-electron chi connectivity index (χ2n) is 4.56. The zero-order chi connectivity index (χ0) is 11.4. The number of rotatable bonds is 2. The van der Waals surface area contributed by atoms with E-state index in [4.69, 9.17) is 0 Å². The smallest absolute Gasteiger partial charge is 0.172 e. The molecule has 16 heavy (non-hydrogen) atoms. The first kappa shape index (κ1) is 12.6. The summed E-state index contributed by atoms with van der Waals surface area (Å²) < 4.78 is 0. The standard InChI is InChI=1S/C13H20OS2/c1-10-13(16-9-8-15-10)12(14)11-6-4-2-3-5-7-11/h6,10,13H,2-5,7-9H2,1H3. The Kier molecular flexibility index (Phi) is 4.83. The SMILES string of the molecule is CC1SCCSC1C(=O)C1=CCCCCC1. The van der Waals surface area contributed by atoms with Gasteiger partial charge in [-0.15, -0.1) is 11.8 Å². The van der Waals surface area contributed by atoms with E-state index in [1.165, 1.54) is 25.0 Å². The number of thioether (sulfide) groups is 2. The van der Waals surface area contributed by atoms with Gasteiger partial charge in [0.1, 0.15) is 0 Å². The molecule has 2 aliphatic rings. The van der Waals surface area contributed by atoms with Crippen molar-refractivity contribution < 1.29 is 4.79 Å². The molecule has 3 heteroatoms. The fraction of sp³-hybridized carbons (Fsp3) is 0.769. The summed E-state index contributed by atoms with van der Waals surface area (Å²) in [6, 6.07) is 0. The van der Waals surface area contributed by atoms with Crippen LogP contribution in [-0.4, -0.2) is 27.8 Å². The van der Waals surface area contributed by atoms with Gasteiger partial charge in [-0.2, -0.15) is 11.8 Å². The fourth-order valence-electron chi connectivity index (χ4n) is 2.34. The minimum absolute atomic E-state index is 0.225. The van der Waals surface area contributed by atoms with E-state index in [1.54, 1.807) is 0 Å². The molecule has 1 heterocycles. The summed E-state index contributed by atoms with van der Waals surface area (Å²) >= 11 is 3.82. The first-order valence-electron chi connectivity index (χ1n) is 6.25. The number of hydrogen-bond donors (Lipinski definition) is 0. The normalized spacial score (nSPS) is 31.7. The van der Waals surface area contributed by atoms with Crippen molar-refractivity contribution in [1.82, 2.24) is 0 Å². The summed E-state index contributed by atoms with van der Waals surface area (Å²) in [6.07, 6.45) is 8.10. The molecule has 1 nitrogen and oxygen atoms in total. The van der Waals surface area contributed by atoms with Crippen molar-refractivity contribution in [2.45, 2.75) is 49.5 Å². The van der Waals surface area contributed by atoms with Crippen LogP contribution in [0.3, 0.4) is 0 Å². The minimum Gasteiger partial charge on any atom is -0.293 e. The summed E-state index contributed by atoms with van der Waals surface area (Å²) in [4.78, 5) is 12.4. The van der Waals surface area contributed by atoms with Crippen LogP contribution in [-0.2, 0) is 4.79 Å². The van der Waals surface area contributed by atoms with Crippen LogP contribution >= 0.6 is 23.5 Å². The highest BCUT2D eigenvalue weighted by atomic mass is 32.2. The summed E-state index contributed by atoms with van der Waals surface area (Å²) in [6.45, 7) is 2.21. The van der Waals surface area contributed by atoms with Crippen molar-refractivity contribution in [1.29, 1.82) is 0 Å². The molecule has 0 saturated carbocycles. The monoisotopic (exact) mass is 256 g/mol. The Morgan fingerprint density at radius 3 is 2.88 bits per heavy atom. The van der Waals surface area contributed by atoms with E-state index in [0.717, 1.165) is 24.2 Å². The third-order valence-electron chi connectivity index (χ3n) is 3.30. The van der Waals surface area contributed by atoms with Crippen LogP contribution < -0.4 is 0 Å². The van der Waals surface area contributed by atoms with E-state index in [9.17, 15) is 4.79 Å². The largest absolute Gasteiger partial charge is 0.293 e. The lowest BCUT2D eigenvalue weighted by molar-refractivity contribution is -0.115. The Morgan fingerprint density at radius 2 is 2.06 bits per heavy atom. The summed E-state index contributed by atoms with van der Waals surface area (Å²) in [5.74, 6) is 2.78. The fourth-order valence-corrected chi connectivity index (χ4v) is 5.08. The van der Waals surface area contributed by atoms with Gasteiger partial charge in [0.25, 0.3) is 0 Å². The number of allylic oxidation sites excluding steroid dienone is 2. The van der Waals surface area contributed by atoms with Crippen LogP contribution in [0, 0.1) is 0 Å². The van der Waals surface area contributed by atoms with Crippen LogP contribution in [0.1, 0.15) is 39.0 Å². The summed E-state index contributed by atoms with van der Waals surface area (Å²) in [5.41, 5.74) is 1.13. The van der Waals surface area contributed by atoms with Gasteiger partial charge < -0.3 is 0 Å². The van der Waals surface area contributed by atoms with Crippen molar-refractivity contribution in [3.05, 3.63) is 11.6 Å². The molecule has 0 spiro atoms. The molecule has 1 saturated heterocycles. The predicted octanol–water partition coefficient (Wildman–Crippen LogP) is 3.68. The van der Waals surface area contributed by atoms with Crippen LogP contribution in [0.25, 0.3) is 0 Å². The van der Waals surface area contributed by atoms with Gasteiger partial charge in [0.05, 0.1) is 5.25 Å². The molecule has 0 aromatic rings. The molecular formula is C13H20OS2. The zero-order valence-corrected chi connectivity index (χ0v) is 11.5. The highest BCUT2D eigenvalue weighted by molar-refractivity contribution is 8.07. The molecule has 0 amide bonds. The topological polar surface area (TPSA) is 17.1 Å². The Balaban J connectivity index is 2.02. The molecule has 2 unspecified atom stereocenters. The second-order valence-corrected chi connectivity index (χ2v) is 7.29. The van der Waals surface area contributed by atoms with Crippen molar-refractivity contribution in [2.24, 2.45) is 0 Å².